The topological polar surface area (TPSA) is 108 Å². The zero-order valence-electron chi connectivity index (χ0n) is 15.4. The van der Waals surface area contributed by atoms with Gasteiger partial charge in [0.05, 0.1) is 11.2 Å². The molecule has 0 radical (unpaired) electrons. The molecule has 3 aromatic heterocycles. The Morgan fingerprint density at radius 2 is 2.07 bits per heavy atom. The Labute approximate surface area is 168 Å². The molecule has 154 valence electrons. The lowest BCUT2D eigenvalue weighted by Crippen LogP contribution is -2.46. The number of carbonyl (C=O) groups is 1. The second kappa shape index (κ2) is 8.19. The van der Waals surface area contributed by atoms with E-state index in [9.17, 15) is 18.0 Å². The Morgan fingerprint density at radius 1 is 1.31 bits per heavy atom. The average Bonchev–Trinajstić information content (AvgIpc) is 3.06. The van der Waals surface area contributed by atoms with Crippen molar-refractivity contribution in [2.75, 3.05) is 11.9 Å². The van der Waals surface area contributed by atoms with E-state index in [1.54, 1.807) is 26.1 Å². The Balaban J connectivity index is 1.84. The van der Waals surface area contributed by atoms with E-state index >= 15 is 0 Å². The zero-order chi connectivity index (χ0) is 21.2. The van der Waals surface area contributed by atoms with E-state index in [4.69, 9.17) is 11.6 Å². The number of H-pyrrole nitrogens is 1. The molecule has 0 saturated heterocycles. The first-order valence-electron chi connectivity index (χ1n) is 8.58. The first-order chi connectivity index (χ1) is 13.6. The van der Waals surface area contributed by atoms with Crippen LogP contribution in [0.1, 0.15) is 13.8 Å². The molecule has 1 unspecified atom stereocenters. The molecule has 0 aliphatic carbocycles. The van der Waals surface area contributed by atoms with Crippen molar-refractivity contribution in [1.82, 2.24) is 30.5 Å². The van der Waals surface area contributed by atoms with E-state index in [2.05, 4.69) is 30.5 Å². The normalized spacial score (nSPS) is 12.9. The van der Waals surface area contributed by atoms with Crippen molar-refractivity contribution in [2.24, 2.45) is 5.92 Å². The van der Waals surface area contributed by atoms with E-state index in [1.165, 1.54) is 12.4 Å². The van der Waals surface area contributed by atoms with Crippen molar-refractivity contribution >= 4 is 34.4 Å². The molecule has 0 spiro atoms. The minimum Gasteiger partial charge on any atom is -0.357 e. The van der Waals surface area contributed by atoms with Gasteiger partial charge in [0.1, 0.15) is 24.1 Å². The van der Waals surface area contributed by atoms with Crippen LogP contribution in [0.25, 0.3) is 22.4 Å². The Bertz CT molecular complexity index is 1020. The number of alkyl halides is 3. The number of carbonyl (C=O) groups excluding carboxylic acids is 1. The van der Waals surface area contributed by atoms with Crippen LogP contribution in [0, 0.1) is 5.92 Å². The van der Waals surface area contributed by atoms with E-state index in [1.807, 2.05) is 5.32 Å². The first-order valence-corrected chi connectivity index (χ1v) is 8.95. The third-order valence-electron chi connectivity index (χ3n) is 4.01. The van der Waals surface area contributed by atoms with Gasteiger partial charge >= 0.3 is 6.18 Å². The highest BCUT2D eigenvalue weighted by Gasteiger charge is 2.30. The van der Waals surface area contributed by atoms with E-state index in [0.29, 0.717) is 21.6 Å². The predicted molar refractivity (Wildman–Crippen MR) is 101 cm³/mol. The Hall–Kier alpha value is -2.95. The zero-order valence-corrected chi connectivity index (χ0v) is 16.1. The minimum absolute atomic E-state index is 0.195. The number of aromatic nitrogens is 5. The number of pyridine rings is 1. The molecule has 3 rings (SSSR count). The van der Waals surface area contributed by atoms with Crippen LogP contribution in [0.4, 0.5) is 19.0 Å². The van der Waals surface area contributed by atoms with Gasteiger partial charge in [-0.1, -0.05) is 25.4 Å². The molecule has 0 bridgehead atoms. The monoisotopic (exact) mass is 427 g/mol. The molecule has 3 aromatic rings. The molecule has 1 amide bonds. The van der Waals surface area contributed by atoms with Crippen LogP contribution in [0.3, 0.4) is 0 Å². The summed E-state index contributed by atoms with van der Waals surface area (Å²) in [6.45, 7) is 1.99. The van der Waals surface area contributed by atoms with Gasteiger partial charge in [0.25, 0.3) is 0 Å². The Kier molecular flexibility index (Phi) is 5.87. The number of aromatic amines is 1. The fourth-order valence-corrected chi connectivity index (χ4v) is 2.80. The largest absolute Gasteiger partial charge is 0.405 e. The summed E-state index contributed by atoms with van der Waals surface area (Å²) in [5.74, 6) is -0.665. The highest BCUT2D eigenvalue weighted by molar-refractivity contribution is 6.31. The number of nitrogens with one attached hydrogen (secondary N) is 3. The highest BCUT2D eigenvalue weighted by atomic mass is 35.5. The lowest BCUT2D eigenvalue weighted by molar-refractivity contribution is -0.139. The molecule has 1 atom stereocenters. The molecule has 0 aromatic carbocycles. The second-order valence-electron chi connectivity index (χ2n) is 6.62. The summed E-state index contributed by atoms with van der Waals surface area (Å²) < 4.78 is 37.2. The summed E-state index contributed by atoms with van der Waals surface area (Å²) in [4.78, 5) is 23.7. The number of rotatable bonds is 6. The van der Waals surface area contributed by atoms with E-state index < -0.39 is 24.7 Å². The fourth-order valence-electron chi connectivity index (χ4n) is 2.64. The van der Waals surface area contributed by atoms with Crippen LogP contribution in [-0.4, -0.2) is 49.8 Å². The van der Waals surface area contributed by atoms with E-state index in [-0.39, 0.29) is 17.6 Å². The lowest BCUT2D eigenvalue weighted by atomic mass is 10.0. The number of halogens is 4. The number of hydrogen-bond acceptors (Lipinski definition) is 6. The van der Waals surface area contributed by atoms with Crippen LogP contribution in [0.15, 0.2) is 24.7 Å². The number of fused-ring (bicyclic) bond motifs is 1. The SMILES string of the molecule is CC(C)C(Nc1cnnc(-c2c[nH]c3ncc(Cl)cc23)n1)C(=O)NCC(F)(F)F. The van der Waals surface area contributed by atoms with Gasteiger partial charge in [0.2, 0.25) is 5.91 Å². The standard InChI is InChI=1S/C17H17ClF3N7O/c1-8(2)13(16(29)24-7-17(19,20)21)26-12-6-25-28-15(27-12)11-5-23-14-10(11)3-9(18)4-22-14/h3-6,8,13H,7H2,1-2H3,(H,22,23)(H,24,29)(H,26,27,28). The van der Waals surface area contributed by atoms with Crippen LogP contribution >= 0.6 is 11.6 Å². The van der Waals surface area contributed by atoms with Crippen molar-refractivity contribution in [3.05, 3.63) is 29.7 Å². The summed E-state index contributed by atoms with van der Waals surface area (Å²) in [7, 11) is 0. The quantitative estimate of drug-likeness (QED) is 0.557. The van der Waals surface area contributed by atoms with Gasteiger partial charge < -0.3 is 15.6 Å². The molecule has 3 N–H and O–H groups in total. The van der Waals surface area contributed by atoms with Gasteiger partial charge in [-0.25, -0.2) is 9.97 Å². The number of nitrogens with zero attached hydrogens (tertiary/aromatic N) is 4. The number of hydrogen-bond donors (Lipinski definition) is 3. The second-order valence-corrected chi connectivity index (χ2v) is 7.05. The van der Waals surface area contributed by atoms with Crippen LogP contribution in [0.2, 0.25) is 5.02 Å². The van der Waals surface area contributed by atoms with Crippen molar-refractivity contribution in [3.63, 3.8) is 0 Å². The maximum Gasteiger partial charge on any atom is 0.405 e. The molecule has 29 heavy (non-hydrogen) atoms. The molecule has 0 aliphatic heterocycles. The lowest BCUT2D eigenvalue weighted by Gasteiger charge is -2.22. The van der Waals surface area contributed by atoms with Crippen molar-refractivity contribution < 1.29 is 18.0 Å². The van der Waals surface area contributed by atoms with Crippen molar-refractivity contribution in [3.8, 4) is 11.4 Å². The summed E-state index contributed by atoms with van der Waals surface area (Å²) in [6.07, 6.45) is -0.0692. The van der Waals surface area contributed by atoms with Crippen molar-refractivity contribution in [2.45, 2.75) is 26.1 Å². The molecular weight excluding hydrogens is 411 g/mol. The summed E-state index contributed by atoms with van der Waals surface area (Å²) in [5, 5.41) is 13.7. The molecule has 12 heteroatoms. The van der Waals surface area contributed by atoms with Crippen LogP contribution in [-0.2, 0) is 4.79 Å². The fraction of sp³-hybridized carbons (Fsp3) is 0.353. The maximum atomic E-state index is 12.4. The van der Waals surface area contributed by atoms with Gasteiger partial charge in [-0.15, -0.1) is 5.10 Å². The first kappa shape index (κ1) is 20.8. The Morgan fingerprint density at radius 3 is 2.76 bits per heavy atom. The third-order valence-corrected chi connectivity index (χ3v) is 4.22. The molecule has 0 aliphatic rings. The smallest absolute Gasteiger partial charge is 0.357 e. The van der Waals surface area contributed by atoms with Gasteiger partial charge in [0.15, 0.2) is 5.82 Å². The van der Waals surface area contributed by atoms with E-state index in [0.717, 1.165) is 0 Å². The predicted octanol–water partition coefficient (Wildman–Crippen LogP) is 3.18. The number of amides is 1. The third kappa shape index (κ3) is 5.11. The summed E-state index contributed by atoms with van der Waals surface area (Å²) in [6, 6.07) is 0.752. The summed E-state index contributed by atoms with van der Waals surface area (Å²) in [5.41, 5.74) is 1.17. The molecule has 0 saturated carbocycles. The van der Waals surface area contributed by atoms with Crippen LogP contribution < -0.4 is 10.6 Å². The molecule has 8 nitrogen and oxygen atoms in total. The minimum atomic E-state index is -4.49. The van der Waals surface area contributed by atoms with Gasteiger partial charge in [0, 0.05) is 23.3 Å². The van der Waals surface area contributed by atoms with Crippen molar-refractivity contribution in [1.29, 1.82) is 0 Å². The molecule has 0 fully saturated rings. The molecular formula is C17H17ClF3N7O. The average molecular weight is 428 g/mol. The summed E-state index contributed by atoms with van der Waals surface area (Å²) >= 11 is 6.00. The number of anilines is 1. The van der Waals surface area contributed by atoms with Crippen LogP contribution in [0.5, 0.6) is 0 Å². The van der Waals surface area contributed by atoms with Gasteiger partial charge in [-0.3, -0.25) is 4.79 Å². The highest BCUT2D eigenvalue weighted by Crippen LogP contribution is 2.27. The maximum absolute atomic E-state index is 12.4. The van der Waals surface area contributed by atoms with Gasteiger partial charge in [-0.2, -0.15) is 18.3 Å². The van der Waals surface area contributed by atoms with Gasteiger partial charge in [-0.05, 0) is 12.0 Å². The molecule has 3 heterocycles.